The van der Waals surface area contributed by atoms with E-state index in [1.807, 2.05) is 6.08 Å². The molecule has 4 aliphatic rings. The lowest BCUT2D eigenvalue weighted by atomic mass is 9.94. The van der Waals surface area contributed by atoms with E-state index in [9.17, 15) is 4.79 Å². The van der Waals surface area contributed by atoms with Crippen LogP contribution in [0.4, 0.5) is 0 Å². The van der Waals surface area contributed by atoms with Gasteiger partial charge in [0.25, 0.3) is 0 Å². The van der Waals surface area contributed by atoms with Crippen LogP contribution in [0.3, 0.4) is 0 Å². The number of ether oxygens (including phenoxy) is 4. The molecule has 2 heterocycles. The van der Waals surface area contributed by atoms with Crippen molar-refractivity contribution in [2.24, 2.45) is 0 Å². The molecule has 1 saturated carbocycles. The minimum atomic E-state index is -0.438. The summed E-state index contributed by atoms with van der Waals surface area (Å²) in [5, 5.41) is 0. The summed E-state index contributed by atoms with van der Waals surface area (Å²) in [5.41, 5.74) is 0.588. The number of hydrogen-bond acceptors (Lipinski definition) is 5. The maximum Gasteiger partial charge on any atom is 0.336 e. The molecule has 0 bridgehead atoms. The molecule has 4 rings (SSSR count). The fourth-order valence-corrected chi connectivity index (χ4v) is 3.56. The zero-order valence-corrected chi connectivity index (χ0v) is 11.0. The van der Waals surface area contributed by atoms with Crippen LogP contribution in [0.5, 0.6) is 0 Å². The molecule has 3 fully saturated rings. The minimum Gasteiger partial charge on any atom is -0.466 e. The second-order valence-corrected chi connectivity index (χ2v) is 5.77. The number of carbonyl (C=O) groups excluding carboxylic acids is 1. The van der Waals surface area contributed by atoms with E-state index in [4.69, 9.17) is 18.9 Å². The maximum absolute atomic E-state index is 11.7. The van der Waals surface area contributed by atoms with E-state index in [0.29, 0.717) is 5.57 Å². The Labute approximate surface area is 111 Å². The van der Waals surface area contributed by atoms with E-state index in [-0.39, 0.29) is 30.4 Å². The van der Waals surface area contributed by atoms with E-state index < -0.39 is 5.79 Å². The summed E-state index contributed by atoms with van der Waals surface area (Å²) in [5.74, 6) is -0.759. The Morgan fingerprint density at radius 2 is 2.05 bits per heavy atom. The fraction of sp³-hybridized carbons (Fsp3) is 0.786. The predicted octanol–water partition coefficient (Wildman–Crippen LogP) is 1.31. The van der Waals surface area contributed by atoms with E-state index in [1.54, 1.807) is 0 Å². The summed E-state index contributed by atoms with van der Waals surface area (Å²) in [7, 11) is 1.39. The first-order valence-electron chi connectivity index (χ1n) is 7.04. The van der Waals surface area contributed by atoms with Gasteiger partial charge in [0.1, 0.15) is 24.4 Å². The Kier molecular flexibility index (Phi) is 2.53. The maximum atomic E-state index is 11.7. The van der Waals surface area contributed by atoms with Crippen LogP contribution in [-0.4, -0.2) is 43.3 Å². The quantitative estimate of drug-likeness (QED) is 0.529. The van der Waals surface area contributed by atoms with Crippen molar-refractivity contribution in [3.8, 4) is 0 Å². The van der Waals surface area contributed by atoms with Gasteiger partial charge in [-0.2, -0.15) is 0 Å². The van der Waals surface area contributed by atoms with E-state index in [2.05, 4.69) is 0 Å². The van der Waals surface area contributed by atoms with E-state index >= 15 is 0 Å². The number of carbonyl (C=O) groups is 1. The highest BCUT2D eigenvalue weighted by Gasteiger charge is 2.62. The van der Waals surface area contributed by atoms with Gasteiger partial charge in [0.2, 0.25) is 0 Å². The van der Waals surface area contributed by atoms with Crippen LogP contribution in [0.1, 0.15) is 32.1 Å². The Balaban J connectivity index is 1.59. The largest absolute Gasteiger partial charge is 0.466 e. The monoisotopic (exact) mass is 266 g/mol. The SMILES string of the molecule is COC(=O)C1=C[C@H]2OC3(CCCCC3)O[C@H]2[C@@H]2O[C@H]12. The molecule has 5 nitrogen and oxygen atoms in total. The molecule has 5 heteroatoms. The third kappa shape index (κ3) is 1.75. The molecule has 4 atom stereocenters. The molecular formula is C14H18O5. The minimum absolute atomic E-state index is 0.0367. The third-order valence-corrected chi connectivity index (χ3v) is 4.56. The molecule has 0 aromatic carbocycles. The molecule has 0 N–H and O–H groups in total. The van der Waals surface area contributed by atoms with Crippen molar-refractivity contribution < 1.29 is 23.7 Å². The normalized spacial score (nSPS) is 42.3. The second-order valence-electron chi connectivity index (χ2n) is 5.77. The van der Waals surface area contributed by atoms with Crippen LogP contribution in [0.2, 0.25) is 0 Å². The van der Waals surface area contributed by atoms with Crippen LogP contribution < -0.4 is 0 Å². The van der Waals surface area contributed by atoms with Gasteiger partial charge in [-0.15, -0.1) is 0 Å². The first-order chi connectivity index (χ1) is 9.22. The van der Waals surface area contributed by atoms with Gasteiger partial charge < -0.3 is 18.9 Å². The lowest BCUT2D eigenvalue weighted by molar-refractivity contribution is -0.192. The van der Waals surface area contributed by atoms with Gasteiger partial charge in [-0.25, -0.2) is 4.79 Å². The topological polar surface area (TPSA) is 57.3 Å². The molecular weight excluding hydrogens is 248 g/mol. The number of methoxy groups -OCH3 is 1. The van der Waals surface area contributed by atoms with Crippen molar-refractivity contribution in [3.63, 3.8) is 0 Å². The van der Waals surface area contributed by atoms with Crippen molar-refractivity contribution in [1.29, 1.82) is 0 Å². The molecule has 2 saturated heterocycles. The van der Waals surface area contributed by atoms with Gasteiger partial charge >= 0.3 is 5.97 Å². The molecule has 19 heavy (non-hydrogen) atoms. The fourth-order valence-electron chi connectivity index (χ4n) is 3.56. The number of epoxide rings is 1. The van der Waals surface area contributed by atoms with Crippen molar-refractivity contribution in [1.82, 2.24) is 0 Å². The highest BCUT2D eigenvalue weighted by Crippen LogP contribution is 2.49. The molecule has 0 unspecified atom stereocenters. The molecule has 0 aromatic rings. The average Bonchev–Trinajstić information content (AvgIpc) is 3.15. The highest BCUT2D eigenvalue weighted by molar-refractivity contribution is 5.90. The number of hydrogen-bond donors (Lipinski definition) is 0. The lowest BCUT2D eigenvalue weighted by Gasteiger charge is -2.31. The molecule has 104 valence electrons. The van der Waals surface area contributed by atoms with Crippen LogP contribution in [0.15, 0.2) is 11.6 Å². The summed E-state index contributed by atoms with van der Waals surface area (Å²) in [6.07, 6.45) is 6.83. The molecule has 0 aromatic heterocycles. The van der Waals surface area contributed by atoms with Crippen molar-refractivity contribution in [3.05, 3.63) is 11.6 Å². The Morgan fingerprint density at radius 1 is 1.26 bits per heavy atom. The molecule has 1 spiro atoms. The van der Waals surface area contributed by atoms with Crippen LogP contribution in [-0.2, 0) is 23.7 Å². The average molecular weight is 266 g/mol. The molecule has 2 aliphatic heterocycles. The Morgan fingerprint density at radius 3 is 2.79 bits per heavy atom. The smallest absolute Gasteiger partial charge is 0.336 e. The predicted molar refractivity (Wildman–Crippen MR) is 64.3 cm³/mol. The summed E-state index contributed by atoms with van der Waals surface area (Å²) in [6, 6.07) is 0. The molecule has 2 aliphatic carbocycles. The van der Waals surface area contributed by atoms with Gasteiger partial charge in [0.15, 0.2) is 5.79 Å². The zero-order chi connectivity index (χ0) is 13.0. The van der Waals surface area contributed by atoms with Gasteiger partial charge in [-0.3, -0.25) is 0 Å². The first-order valence-corrected chi connectivity index (χ1v) is 7.04. The van der Waals surface area contributed by atoms with E-state index in [1.165, 1.54) is 13.5 Å². The van der Waals surface area contributed by atoms with Gasteiger partial charge in [-0.05, 0) is 18.9 Å². The first kappa shape index (κ1) is 11.9. The highest BCUT2D eigenvalue weighted by atomic mass is 16.8. The third-order valence-electron chi connectivity index (χ3n) is 4.56. The lowest BCUT2D eigenvalue weighted by Crippen LogP contribution is -2.35. The van der Waals surface area contributed by atoms with Gasteiger partial charge in [0.05, 0.1) is 12.7 Å². The summed E-state index contributed by atoms with van der Waals surface area (Å²) in [6.45, 7) is 0. The Bertz CT molecular complexity index is 437. The summed E-state index contributed by atoms with van der Waals surface area (Å²) in [4.78, 5) is 11.7. The number of fused-ring (bicyclic) bond motifs is 3. The van der Waals surface area contributed by atoms with Crippen molar-refractivity contribution in [2.45, 2.75) is 62.3 Å². The second kappa shape index (κ2) is 4.04. The van der Waals surface area contributed by atoms with E-state index in [0.717, 1.165) is 25.7 Å². The summed E-state index contributed by atoms with van der Waals surface area (Å²) < 4.78 is 22.7. The van der Waals surface area contributed by atoms with Crippen molar-refractivity contribution in [2.75, 3.05) is 7.11 Å². The Hall–Kier alpha value is -0.910. The number of esters is 1. The zero-order valence-electron chi connectivity index (χ0n) is 11.0. The van der Waals surface area contributed by atoms with Crippen molar-refractivity contribution >= 4 is 5.97 Å². The summed E-state index contributed by atoms with van der Waals surface area (Å²) >= 11 is 0. The standard InChI is InChI=1S/C14H18O5/c1-16-13(15)8-7-9-11(12-10(8)17-12)19-14(18-9)5-3-2-4-6-14/h7,9-12H,2-6H2,1H3/t9-,10-,11-,12-/m1/s1. The van der Waals surface area contributed by atoms with Crippen LogP contribution in [0, 0.1) is 0 Å². The molecule has 0 radical (unpaired) electrons. The number of rotatable bonds is 1. The van der Waals surface area contributed by atoms with Crippen LogP contribution >= 0.6 is 0 Å². The van der Waals surface area contributed by atoms with Gasteiger partial charge in [-0.1, -0.05) is 6.42 Å². The van der Waals surface area contributed by atoms with Gasteiger partial charge in [0, 0.05) is 12.8 Å². The van der Waals surface area contributed by atoms with Crippen LogP contribution in [0.25, 0.3) is 0 Å². The molecule has 0 amide bonds.